The van der Waals surface area contributed by atoms with Crippen molar-refractivity contribution < 1.29 is 0 Å². The molecular weight excluding hydrogens is 555 g/mol. The molecule has 46 heavy (non-hydrogen) atoms. The maximum Gasteiger partial charge on any atom is 0.0508 e. The van der Waals surface area contributed by atoms with Crippen molar-refractivity contribution in [3.8, 4) is 33.4 Å². The first-order valence-electron chi connectivity index (χ1n) is 16.5. The Kier molecular flexibility index (Phi) is 6.25. The average molecular weight is 596 g/mol. The van der Waals surface area contributed by atoms with Crippen LogP contribution in [0.5, 0.6) is 0 Å². The first-order valence-corrected chi connectivity index (χ1v) is 16.5. The van der Waals surface area contributed by atoms with E-state index in [0.717, 1.165) is 5.69 Å². The normalized spacial score (nSPS) is 16.1. The van der Waals surface area contributed by atoms with Crippen LogP contribution in [0.1, 0.15) is 63.8 Å². The van der Waals surface area contributed by atoms with Crippen LogP contribution in [0.15, 0.2) is 140 Å². The number of anilines is 3. The van der Waals surface area contributed by atoms with E-state index in [2.05, 4.69) is 186 Å². The second-order valence-corrected chi connectivity index (χ2v) is 14.6. The van der Waals surface area contributed by atoms with Gasteiger partial charge in [-0.15, -0.1) is 0 Å². The third-order valence-corrected chi connectivity index (χ3v) is 11.4. The summed E-state index contributed by atoms with van der Waals surface area (Å²) in [5, 5.41) is 0. The number of nitrogens with zero attached hydrogens (tertiary/aromatic N) is 1. The second kappa shape index (κ2) is 10.1. The monoisotopic (exact) mass is 595 g/mol. The van der Waals surface area contributed by atoms with Crippen LogP contribution in [0.4, 0.5) is 17.1 Å². The maximum atomic E-state index is 2.49. The van der Waals surface area contributed by atoms with E-state index in [0.29, 0.717) is 0 Å². The minimum Gasteiger partial charge on any atom is -0.310 e. The van der Waals surface area contributed by atoms with E-state index in [4.69, 9.17) is 0 Å². The third-order valence-electron chi connectivity index (χ3n) is 11.4. The molecule has 0 bridgehead atoms. The molecule has 8 rings (SSSR count). The van der Waals surface area contributed by atoms with Crippen molar-refractivity contribution in [3.63, 3.8) is 0 Å². The summed E-state index contributed by atoms with van der Waals surface area (Å²) in [6.45, 7) is 14.5. The summed E-state index contributed by atoms with van der Waals surface area (Å²) in [6.07, 6.45) is 0. The molecule has 0 radical (unpaired) electrons. The van der Waals surface area contributed by atoms with Gasteiger partial charge in [-0.05, 0) is 91.4 Å². The molecule has 6 aromatic carbocycles. The van der Waals surface area contributed by atoms with Crippen molar-refractivity contribution in [2.24, 2.45) is 0 Å². The molecule has 0 heterocycles. The van der Waals surface area contributed by atoms with E-state index in [9.17, 15) is 0 Å². The first-order chi connectivity index (χ1) is 22.1. The minimum absolute atomic E-state index is 0.0849. The van der Waals surface area contributed by atoms with Crippen LogP contribution >= 0.6 is 0 Å². The summed E-state index contributed by atoms with van der Waals surface area (Å²) in [5.74, 6) is 0. The Labute approximate surface area is 274 Å². The Morgan fingerprint density at radius 1 is 0.391 bits per heavy atom. The van der Waals surface area contributed by atoms with E-state index in [-0.39, 0.29) is 16.2 Å². The smallest absolute Gasteiger partial charge is 0.0508 e. The average Bonchev–Trinajstić information content (AvgIpc) is 3.31. The zero-order valence-corrected chi connectivity index (χ0v) is 27.7. The Morgan fingerprint density at radius 3 is 1.72 bits per heavy atom. The molecule has 0 fully saturated rings. The van der Waals surface area contributed by atoms with Gasteiger partial charge < -0.3 is 4.90 Å². The fourth-order valence-electron chi connectivity index (χ4n) is 8.41. The zero-order chi connectivity index (χ0) is 31.8. The highest BCUT2D eigenvalue weighted by atomic mass is 15.1. The van der Waals surface area contributed by atoms with Gasteiger partial charge in [0.05, 0.1) is 5.69 Å². The molecule has 6 aromatic rings. The number of hydrogen-bond acceptors (Lipinski definition) is 1. The second-order valence-electron chi connectivity index (χ2n) is 14.6. The van der Waals surface area contributed by atoms with Crippen LogP contribution in [0.3, 0.4) is 0 Å². The number of benzene rings is 6. The molecule has 0 saturated carbocycles. The van der Waals surface area contributed by atoms with Crippen LogP contribution in [0, 0.1) is 0 Å². The van der Waals surface area contributed by atoms with Gasteiger partial charge in [0.1, 0.15) is 0 Å². The van der Waals surface area contributed by atoms with E-state index >= 15 is 0 Å². The van der Waals surface area contributed by atoms with Crippen molar-refractivity contribution in [2.45, 2.75) is 57.8 Å². The lowest BCUT2D eigenvalue weighted by Gasteiger charge is -2.49. The van der Waals surface area contributed by atoms with Crippen LogP contribution in [0.2, 0.25) is 0 Å². The molecule has 1 heteroatoms. The van der Waals surface area contributed by atoms with Gasteiger partial charge in [-0.25, -0.2) is 0 Å². The molecule has 0 aliphatic heterocycles. The predicted molar refractivity (Wildman–Crippen MR) is 196 cm³/mol. The Hall–Kier alpha value is -4.88. The molecule has 2 aliphatic carbocycles. The SMILES string of the molecule is CC1(C)c2ccccc2-c2cccc(N(c3ccccc3)c3ccc4c(c3)-c3cccc(-c5ccccc5)c3C(C)(C)C4(C)C)c21. The Morgan fingerprint density at radius 2 is 0.978 bits per heavy atom. The van der Waals surface area contributed by atoms with E-state index < -0.39 is 0 Å². The predicted octanol–water partition coefficient (Wildman–Crippen LogP) is 12.4. The number of para-hydroxylation sites is 1. The summed E-state index contributed by atoms with van der Waals surface area (Å²) < 4.78 is 0. The molecule has 226 valence electrons. The highest BCUT2D eigenvalue weighted by Crippen LogP contribution is 2.58. The summed E-state index contributed by atoms with van der Waals surface area (Å²) in [5.41, 5.74) is 16.8. The highest BCUT2D eigenvalue weighted by Gasteiger charge is 2.47. The van der Waals surface area contributed by atoms with Crippen LogP contribution < -0.4 is 4.90 Å². The summed E-state index contributed by atoms with van der Waals surface area (Å²) in [6, 6.07) is 51.7. The van der Waals surface area contributed by atoms with E-state index in [1.165, 1.54) is 67.0 Å². The van der Waals surface area contributed by atoms with Crippen LogP contribution in [-0.4, -0.2) is 0 Å². The van der Waals surface area contributed by atoms with Crippen molar-refractivity contribution in [1.82, 2.24) is 0 Å². The Balaban J connectivity index is 1.39. The van der Waals surface area contributed by atoms with Crippen molar-refractivity contribution in [3.05, 3.63) is 162 Å². The lowest BCUT2D eigenvalue weighted by molar-refractivity contribution is 0.300. The van der Waals surface area contributed by atoms with E-state index in [1.54, 1.807) is 0 Å². The number of fused-ring (bicyclic) bond motifs is 6. The van der Waals surface area contributed by atoms with Gasteiger partial charge >= 0.3 is 0 Å². The van der Waals surface area contributed by atoms with Gasteiger partial charge in [0.15, 0.2) is 0 Å². The van der Waals surface area contributed by atoms with E-state index in [1.807, 2.05) is 0 Å². The van der Waals surface area contributed by atoms with Crippen molar-refractivity contribution >= 4 is 17.1 Å². The fourth-order valence-corrected chi connectivity index (χ4v) is 8.41. The molecular formula is C45H41N. The van der Waals surface area contributed by atoms with Crippen LogP contribution in [-0.2, 0) is 16.2 Å². The highest BCUT2D eigenvalue weighted by molar-refractivity contribution is 5.93. The number of rotatable bonds is 4. The summed E-state index contributed by atoms with van der Waals surface area (Å²) in [4.78, 5) is 2.49. The van der Waals surface area contributed by atoms with Gasteiger partial charge in [0.25, 0.3) is 0 Å². The maximum absolute atomic E-state index is 2.49. The van der Waals surface area contributed by atoms with Gasteiger partial charge in [0, 0.05) is 22.2 Å². The van der Waals surface area contributed by atoms with Gasteiger partial charge in [-0.1, -0.05) is 151 Å². The van der Waals surface area contributed by atoms with Gasteiger partial charge in [-0.3, -0.25) is 0 Å². The van der Waals surface area contributed by atoms with Gasteiger partial charge in [0.2, 0.25) is 0 Å². The molecule has 0 aromatic heterocycles. The quantitative estimate of drug-likeness (QED) is 0.196. The molecule has 0 spiro atoms. The molecule has 0 N–H and O–H groups in total. The molecule has 0 atom stereocenters. The van der Waals surface area contributed by atoms with Gasteiger partial charge in [-0.2, -0.15) is 0 Å². The number of hydrogen-bond donors (Lipinski definition) is 0. The molecule has 0 saturated heterocycles. The third kappa shape index (κ3) is 3.94. The lowest BCUT2D eigenvalue weighted by Crippen LogP contribution is -2.44. The summed E-state index contributed by atoms with van der Waals surface area (Å²) in [7, 11) is 0. The molecule has 1 nitrogen and oxygen atoms in total. The Bertz CT molecular complexity index is 2110. The summed E-state index contributed by atoms with van der Waals surface area (Å²) >= 11 is 0. The lowest BCUT2D eigenvalue weighted by atomic mass is 9.54. The van der Waals surface area contributed by atoms with Crippen molar-refractivity contribution in [1.29, 1.82) is 0 Å². The minimum atomic E-state index is -0.132. The molecule has 2 aliphatic rings. The van der Waals surface area contributed by atoms with Crippen molar-refractivity contribution in [2.75, 3.05) is 4.90 Å². The topological polar surface area (TPSA) is 3.24 Å². The zero-order valence-electron chi connectivity index (χ0n) is 27.7. The molecule has 0 amide bonds. The standard InChI is InChI=1S/C45H41N/c1-43(2)38-25-14-13-21-34(38)35-24-16-26-40(42(35)43)46(31-19-11-8-12-20-31)32-27-28-39-37(29-32)36-23-15-22-33(30-17-9-7-10-18-30)41(36)45(5,6)44(39,3)4/h7-29H,1-6H3. The van der Waals surface area contributed by atoms with Crippen LogP contribution in [0.25, 0.3) is 33.4 Å². The largest absolute Gasteiger partial charge is 0.310 e. The molecule has 0 unspecified atom stereocenters. The first kappa shape index (κ1) is 28.6. The fraction of sp³-hybridized carbons (Fsp3) is 0.200.